The highest BCUT2D eigenvalue weighted by molar-refractivity contribution is 5.83. The summed E-state index contributed by atoms with van der Waals surface area (Å²) in [6.07, 6.45) is -0.133. The van der Waals surface area contributed by atoms with Gasteiger partial charge in [0.1, 0.15) is 0 Å². The molecule has 4 rings (SSSR count). The Labute approximate surface area is 141 Å². The normalized spacial score (nSPS) is 30.2. The Bertz CT molecular complexity index is 633. The lowest BCUT2D eigenvalue weighted by Crippen LogP contribution is -2.47. The van der Waals surface area contributed by atoms with Gasteiger partial charge < -0.3 is 14.4 Å². The number of hydrogen-bond donors (Lipinski definition) is 0. The van der Waals surface area contributed by atoms with Crippen molar-refractivity contribution in [1.82, 2.24) is 9.80 Å². The third-order valence-electron chi connectivity index (χ3n) is 5.39. The molecule has 6 heteroatoms. The van der Waals surface area contributed by atoms with E-state index in [0.29, 0.717) is 18.4 Å². The van der Waals surface area contributed by atoms with Crippen molar-refractivity contribution in [3.8, 4) is 5.75 Å². The first kappa shape index (κ1) is 15.8. The number of morpholine rings is 1. The molecule has 130 valence electrons. The van der Waals surface area contributed by atoms with Gasteiger partial charge in [-0.2, -0.15) is 0 Å². The van der Waals surface area contributed by atoms with Crippen LogP contribution in [-0.2, 0) is 16.0 Å². The first-order chi connectivity index (χ1) is 11.6. The van der Waals surface area contributed by atoms with Crippen LogP contribution in [0.15, 0.2) is 18.2 Å². The molecule has 0 bridgehead atoms. The average molecular weight is 334 g/mol. The minimum Gasteiger partial charge on any atom is -0.477 e. The summed E-state index contributed by atoms with van der Waals surface area (Å²) in [6.45, 7) is 7.02. The third-order valence-corrected chi connectivity index (χ3v) is 5.39. The number of carbonyl (C=O) groups excluding carboxylic acids is 1. The molecule has 3 aliphatic heterocycles. The van der Waals surface area contributed by atoms with Gasteiger partial charge in [0.25, 0.3) is 5.91 Å². The molecule has 0 aliphatic carbocycles. The SMILES string of the molecule is C[C@@H]1CN(C(=O)[C@@H]2Cc3cccc(F)c3O2)C[C@@H]1N1CCOCC1. The van der Waals surface area contributed by atoms with Crippen molar-refractivity contribution in [3.05, 3.63) is 29.6 Å². The zero-order valence-corrected chi connectivity index (χ0v) is 13.9. The van der Waals surface area contributed by atoms with Crippen LogP contribution in [0.4, 0.5) is 4.39 Å². The van der Waals surface area contributed by atoms with Crippen LogP contribution in [0, 0.1) is 11.7 Å². The van der Waals surface area contributed by atoms with Gasteiger partial charge in [-0.3, -0.25) is 9.69 Å². The molecule has 0 saturated carbocycles. The van der Waals surface area contributed by atoms with Crippen LogP contribution in [-0.4, -0.2) is 67.2 Å². The summed E-state index contributed by atoms with van der Waals surface area (Å²) in [7, 11) is 0. The fourth-order valence-electron chi connectivity index (χ4n) is 4.09. The number of ether oxygens (including phenoxy) is 2. The number of benzene rings is 1. The topological polar surface area (TPSA) is 42.0 Å². The molecule has 0 N–H and O–H groups in total. The van der Waals surface area contributed by atoms with Gasteiger partial charge in [-0.1, -0.05) is 19.1 Å². The molecule has 3 heterocycles. The van der Waals surface area contributed by atoms with Crippen LogP contribution in [0.5, 0.6) is 5.75 Å². The molecule has 0 unspecified atom stereocenters. The quantitative estimate of drug-likeness (QED) is 0.818. The third kappa shape index (κ3) is 2.78. The zero-order chi connectivity index (χ0) is 16.7. The summed E-state index contributed by atoms with van der Waals surface area (Å²) in [5.74, 6) is 0.261. The lowest BCUT2D eigenvalue weighted by Gasteiger charge is -2.34. The highest BCUT2D eigenvalue weighted by atomic mass is 19.1. The van der Waals surface area contributed by atoms with E-state index in [-0.39, 0.29) is 17.5 Å². The number of halogens is 1. The molecule has 1 aromatic rings. The van der Waals surface area contributed by atoms with E-state index in [1.54, 1.807) is 6.07 Å². The minimum atomic E-state index is -0.590. The van der Waals surface area contributed by atoms with E-state index in [9.17, 15) is 9.18 Å². The summed E-state index contributed by atoms with van der Waals surface area (Å²) in [5.41, 5.74) is 0.783. The van der Waals surface area contributed by atoms with Crippen LogP contribution in [0.25, 0.3) is 0 Å². The van der Waals surface area contributed by atoms with Crippen molar-refractivity contribution in [3.63, 3.8) is 0 Å². The number of amides is 1. The molecular formula is C18H23FN2O3. The number of fused-ring (bicyclic) bond motifs is 1. The van der Waals surface area contributed by atoms with Crippen molar-refractivity contribution in [1.29, 1.82) is 0 Å². The summed E-state index contributed by atoms with van der Waals surface area (Å²) in [5, 5.41) is 0. The van der Waals surface area contributed by atoms with Gasteiger partial charge >= 0.3 is 0 Å². The summed E-state index contributed by atoms with van der Waals surface area (Å²) < 4.78 is 24.9. The largest absolute Gasteiger partial charge is 0.477 e. The van der Waals surface area contributed by atoms with Crippen molar-refractivity contribution in [2.75, 3.05) is 39.4 Å². The zero-order valence-electron chi connectivity index (χ0n) is 13.9. The summed E-state index contributed by atoms with van der Waals surface area (Å²) in [4.78, 5) is 17.1. The molecule has 1 aromatic carbocycles. The van der Waals surface area contributed by atoms with Crippen LogP contribution in [0.2, 0.25) is 0 Å². The monoisotopic (exact) mass is 334 g/mol. The average Bonchev–Trinajstić information content (AvgIpc) is 3.20. The second kappa shape index (κ2) is 6.33. The maximum absolute atomic E-state index is 13.8. The van der Waals surface area contributed by atoms with Gasteiger partial charge in [0.05, 0.1) is 13.2 Å². The Balaban J connectivity index is 1.42. The van der Waals surface area contributed by atoms with E-state index in [4.69, 9.17) is 9.47 Å². The molecule has 3 atom stereocenters. The van der Waals surface area contributed by atoms with Gasteiger partial charge in [0, 0.05) is 44.2 Å². The maximum atomic E-state index is 13.8. The first-order valence-corrected chi connectivity index (χ1v) is 8.68. The summed E-state index contributed by atoms with van der Waals surface area (Å²) >= 11 is 0. The van der Waals surface area contributed by atoms with Crippen molar-refractivity contribution in [2.45, 2.75) is 25.5 Å². The second-order valence-electron chi connectivity index (χ2n) is 6.97. The smallest absolute Gasteiger partial charge is 0.264 e. The van der Waals surface area contributed by atoms with Gasteiger partial charge in [-0.15, -0.1) is 0 Å². The predicted molar refractivity (Wildman–Crippen MR) is 86.4 cm³/mol. The van der Waals surface area contributed by atoms with Crippen LogP contribution in [0.3, 0.4) is 0 Å². The fraction of sp³-hybridized carbons (Fsp3) is 0.611. The van der Waals surface area contributed by atoms with E-state index in [0.717, 1.165) is 45.0 Å². The van der Waals surface area contributed by atoms with Crippen molar-refractivity contribution in [2.24, 2.45) is 5.92 Å². The number of nitrogens with zero attached hydrogens (tertiary/aromatic N) is 2. The van der Waals surface area contributed by atoms with Gasteiger partial charge in [-0.05, 0) is 12.0 Å². The van der Waals surface area contributed by atoms with Gasteiger partial charge in [-0.25, -0.2) is 4.39 Å². The Morgan fingerprint density at radius 3 is 2.79 bits per heavy atom. The van der Waals surface area contributed by atoms with Crippen LogP contribution >= 0.6 is 0 Å². The number of para-hydroxylation sites is 1. The fourth-order valence-corrected chi connectivity index (χ4v) is 4.09. The van der Waals surface area contributed by atoms with Crippen LogP contribution in [0.1, 0.15) is 12.5 Å². The minimum absolute atomic E-state index is 0.0202. The standard InChI is InChI=1S/C18H23FN2O3/c1-12-10-21(11-15(12)20-5-7-23-8-6-20)18(22)16-9-13-3-2-4-14(19)17(13)24-16/h2-4,12,15-16H,5-11H2,1H3/t12-,15+,16+/m1/s1. The maximum Gasteiger partial charge on any atom is 0.264 e. The molecule has 24 heavy (non-hydrogen) atoms. The lowest BCUT2D eigenvalue weighted by atomic mass is 10.0. The molecule has 0 spiro atoms. The Morgan fingerprint density at radius 1 is 1.25 bits per heavy atom. The number of carbonyl (C=O) groups is 1. The number of likely N-dealkylation sites (tertiary alicyclic amines) is 1. The van der Waals surface area contributed by atoms with Crippen molar-refractivity contribution >= 4 is 5.91 Å². The Hall–Kier alpha value is -1.66. The van der Waals surface area contributed by atoms with E-state index < -0.39 is 6.10 Å². The number of rotatable bonds is 2. The molecule has 0 aromatic heterocycles. The molecular weight excluding hydrogens is 311 g/mol. The highest BCUT2D eigenvalue weighted by Crippen LogP contribution is 2.33. The summed E-state index contributed by atoms with van der Waals surface area (Å²) in [6, 6.07) is 5.24. The van der Waals surface area contributed by atoms with E-state index in [1.807, 2.05) is 11.0 Å². The molecule has 0 radical (unpaired) electrons. The highest BCUT2D eigenvalue weighted by Gasteiger charge is 2.41. The Morgan fingerprint density at radius 2 is 2.04 bits per heavy atom. The molecule has 1 amide bonds. The van der Waals surface area contributed by atoms with E-state index >= 15 is 0 Å². The predicted octanol–water partition coefficient (Wildman–Crippen LogP) is 1.31. The van der Waals surface area contributed by atoms with Crippen molar-refractivity contribution < 1.29 is 18.7 Å². The van der Waals surface area contributed by atoms with Gasteiger partial charge in [0.15, 0.2) is 17.7 Å². The first-order valence-electron chi connectivity index (χ1n) is 8.68. The van der Waals surface area contributed by atoms with Gasteiger partial charge in [0.2, 0.25) is 0 Å². The molecule has 2 fully saturated rings. The Kier molecular flexibility index (Phi) is 4.18. The number of hydrogen-bond acceptors (Lipinski definition) is 4. The second-order valence-corrected chi connectivity index (χ2v) is 6.97. The van der Waals surface area contributed by atoms with E-state index in [2.05, 4.69) is 11.8 Å². The molecule has 3 aliphatic rings. The van der Waals surface area contributed by atoms with E-state index in [1.165, 1.54) is 6.07 Å². The lowest BCUT2D eigenvalue weighted by molar-refractivity contribution is -0.137. The van der Waals surface area contributed by atoms with Crippen LogP contribution < -0.4 is 4.74 Å². The molecule has 2 saturated heterocycles. The molecule has 5 nitrogen and oxygen atoms in total.